The normalized spacial score (nSPS) is 22.0. The zero-order chi connectivity index (χ0) is 15.4. The number of anilines is 1. The third kappa shape index (κ3) is 2.54. The summed E-state index contributed by atoms with van der Waals surface area (Å²) in [6, 6.07) is -0.539. The van der Waals surface area contributed by atoms with E-state index in [0.29, 0.717) is 10.4 Å². The number of nitrogens with one attached hydrogen (secondary N) is 1. The summed E-state index contributed by atoms with van der Waals surface area (Å²) in [5, 5.41) is 11.2. The van der Waals surface area contributed by atoms with Crippen molar-refractivity contribution in [1.29, 1.82) is 0 Å². The molecule has 0 spiro atoms. The number of halogens is 4. The second-order valence-electron chi connectivity index (χ2n) is 5.13. The van der Waals surface area contributed by atoms with E-state index in [0.717, 1.165) is 15.9 Å². The number of alkyl halides is 3. The van der Waals surface area contributed by atoms with Crippen molar-refractivity contribution in [3.8, 4) is 0 Å². The maximum Gasteiger partial charge on any atom is 0.410 e. The molecule has 1 N–H and O–H groups in total. The molecule has 0 radical (unpaired) electrons. The first-order valence-electron chi connectivity index (χ1n) is 6.34. The number of fused-ring (bicyclic) bond motifs is 1. The van der Waals surface area contributed by atoms with Crippen LogP contribution in [-0.4, -0.2) is 25.7 Å². The lowest BCUT2D eigenvalue weighted by molar-refractivity contribution is -0.173. The van der Waals surface area contributed by atoms with Crippen LogP contribution in [-0.2, 0) is 7.05 Å². The van der Waals surface area contributed by atoms with Gasteiger partial charge in [-0.15, -0.1) is 0 Å². The fourth-order valence-electron chi connectivity index (χ4n) is 2.71. The Labute approximate surface area is 127 Å². The van der Waals surface area contributed by atoms with E-state index in [9.17, 15) is 13.2 Å². The van der Waals surface area contributed by atoms with E-state index in [1.54, 1.807) is 30.9 Å². The number of rotatable bonds is 1. The fraction of sp³-hybridized carbons (Fsp3) is 0.500. The largest absolute Gasteiger partial charge is 0.410 e. The molecule has 9 heteroatoms. The van der Waals surface area contributed by atoms with Crippen molar-refractivity contribution in [3.05, 3.63) is 28.1 Å². The highest BCUT2D eigenvalue weighted by atomic mass is 79.9. The highest BCUT2D eigenvalue weighted by Crippen LogP contribution is 2.44. The van der Waals surface area contributed by atoms with Crippen LogP contribution in [0.5, 0.6) is 0 Å². The molecule has 0 aromatic carbocycles. The summed E-state index contributed by atoms with van der Waals surface area (Å²) in [5.74, 6) is 0.351. The van der Waals surface area contributed by atoms with Gasteiger partial charge in [-0.2, -0.15) is 23.4 Å². The summed E-state index contributed by atoms with van der Waals surface area (Å²) in [6.07, 6.45) is -2.71. The maximum absolute atomic E-state index is 13.3. The van der Waals surface area contributed by atoms with Gasteiger partial charge in [0.05, 0.1) is 11.7 Å². The Balaban J connectivity index is 2.03. The molecule has 114 valence electrons. The lowest BCUT2D eigenvalue weighted by atomic mass is 9.97. The fourth-order valence-corrected chi connectivity index (χ4v) is 3.10. The molecule has 0 saturated carbocycles. The smallest absolute Gasteiger partial charge is 0.363 e. The van der Waals surface area contributed by atoms with Crippen molar-refractivity contribution in [1.82, 2.24) is 19.6 Å². The van der Waals surface area contributed by atoms with E-state index in [1.165, 1.54) is 0 Å². The van der Waals surface area contributed by atoms with Crippen LogP contribution in [0.3, 0.4) is 0 Å². The van der Waals surface area contributed by atoms with Gasteiger partial charge in [0.25, 0.3) is 0 Å². The van der Waals surface area contributed by atoms with Crippen molar-refractivity contribution in [2.45, 2.75) is 31.6 Å². The van der Waals surface area contributed by atoms with Crippen LogP contribution in [0.25, 0.3) is 0 Å². The lowest BCUT2D eigenvalue weighted by Crippen LogP contribution is -2.35. The number of aryl methyl sites for hydroxylation is 2. The summed E-state index contributed by atoms with van der Waals surface area (Å²) >= 11 is 3.13. The molecular weight excluding hydrogens is 351 g/mol. The standard InChI is InChI=1S/C12H13BrF3N5/c1-6-7(5-20(2)18-6)8-3-9(12(14,15)16)21-11(17-8)4-10(13)19-21/h4-5,8-9,17H,3H2,1-2H3/t8-,9?/m0/s1. The molecule has 0 bridgehead atoms. The zero-order valence-electron chi connectivity index (χ0n) is 11.3. The molecule has 2 atom stereocenters. The SMILES string of the molecule is Cc1nn(C)cc1[C@@H]1CC(C(F)(F)F)n2nc(Br)cc2N1. The Morgan fingerprint density at radius 1 is 1.38 bits per heavy atom. The molecule has 0 aliphatic carbocycles. The van der Waals surface area contributed by atoms with Crippen molar-refractivity contribution >= 4 is 21.7 Å². The minimum absolute atomic E-state index is 0.114. The van der Waals surface area contributed by atoms with E-state index in [4.69, 9.17) is 0 Å². The van der Waals surface area contributed by atoms with E-state index < -0.39 is 18.3 Å². The molecule has 2 aromatic rings. The van der Waals surface area contributed by atoms with Crippen molar-refractivity contribution in [2.24, 2.45) is 7.05 Å². The zero-order valence-corrected chi connectivity index (χ0v) is 12.9. The van der Waals surface area contributed by atoms with Gasteiger partial charge in [0, 0.05) is 31.3 Å². The number of hydrogen-bond donors (Lipinski definition) is 1. The van der Waals surface area contributed by atoms with Crippen molar-refractivity contribution < 1.29 is 13.2 Å². The molecule has 0 fully saturated rings. The van der Waals surface area contributed by atoms with Gasteiger partial charge in [-0.25, -0.2) is 4.68 Å². The molecule has 1 aliphatic heterocycles. The first-order valence-corrected chi connectivity index (χ1v) is 7.13. The van der Waals surface area contributed by atoms with Crippen molar-refractivity contribution in [3.63, 3.8) is 0 Å². The summed E-state index contributed by atoms with van der Waals surface area (Å²) in [7, 11) is 1.75. The molecule has 5 nitrogen and oxygen atoms in total. The average Bonchev–Trinajstić information content (AvgIpc) is 2.87. The van der Waals surface area contributed by atoms with Crippen molar-refractivity contribution in [2.75, 3.05) is 5.32 Å². The van der Waals surface area contributed by atoms with E-state index in [1.807, 2.05) is 0 Å². The highest BCUT2D eigenvalue weighted by molar-refractivity contribution is 9.10. The Hall–Kier alpha value is -1.51. The Bertz CT molecular complexity index is 675. The second-order valence-corrected chi connectivity index (χ2v) is 5.94. The topological polar surface area (TPSA) is 47.7 Å². The summed E-state index contributed by atoms with van der Waals surface area (Å²) in [6.45, 7) is 1.79. The van der Waals surface area contributed by atoms with E-state index >= 15 is 0 Å². The Kier molecular flexibility index (Phi) is 3.27. The monoisotopic (exact) mass is 363 g/mol. The van der Waals surface area contributed by atoms with Crippen LogP contribution in [0.1, 0.15) is 29.8 Å². The van der Waals surface area contributed by atoms with Gasteiger partial charge in [-0.05, 0) is 22.9 Å². The quantitative estimate of drug-likeness (QED) is 0.845. The van der Waals surface area contributed by atoms with Gasteiger partial charge in [-0.3, -0.25) is 4.68 Å². The number of nitrogens with zero attached hydrogens (tertiary/aromatic N) is 4. The second kappa shape index (κ2) is 4.75. The van der Waals surface area contributed by atoms with Crippen LogP contribution in [0, 0.1) is 6.92 Å². The molecule has 2 aromatic heterocycles. The number of hydrogen-bond acceptors (Lipinski definition) is 3. The third-order valence-electron chi connectivity index (χ3n) is 3.59. The van der Waals surface area contributed by atoms with Crippen LogP contribution >= 0.6 is 15.9 Å². The molecule has 3 rings (SSSR count). The third-order valence-corrected chi connectivity index (χ3v) is 3.97. The van der Waals surface area contributed by atoms with Crippen LogP contribution in [0.4, 0.5) is 19.0 Å². The molecule has 1 aliphatic rings. The molecular formula is C12H13BrF3N5. The Morgan fingerprint density at radius 2 is 2.10 bits per heavy atom. The van der Waals surface area contributed by atoms with Crippen LogP contribution < -0.4 is 5.32 Å². The summed E-state index contributed by atoms with van der Waals surface area (Å²) < 4.78 is 42.9. The molecule has 21 heavy (non-hydrogen) atoms. The van der Waals surface area contributed by atoms with Gasteiger partial charge < -0.3 is 5.32 Å². The minimum atomic E-state index is -4.35. The maximum atomic E-state index is 13.3. The molecule has 0 amide bonds. The predicted molar refractivity (Wildman–Crippen MR) is 73.9 cm³/mol. The first kappa shape index (κ1) is 14.4. The highest BCUT2D eigenvalue weighted by Gasteiger charge is 2.46. The Morgan fingerprint density at radius 3 is 2.67 bits per heavy atom. The van der Waals surface area contributed by atoms with Crippen LogP contribution in [0.15, 0.2) is 16.9 Å². The minimum Gasteiger partial charge on any atom is -0.363 e. The lowest BCUT2D eigenvalue weighted by Gasteiger charge is -2.33. The average molecular weight is 364 g/mol. The molecule has 0 saturated heterocycles. The van der Waals surface area contributed by atoms with Gasteiger partial charge in [0.2, 0.25) is 0 Å². The summed E-state index contributed by atoms with van der Waals surface area (Å²) in [5.41, 5.74) is 1.50. The molecule has 1 unspecified atom stereocenters. The van der Waals surface area contributed by atoms with Gasteiger partial charge in [0.1, 0.15) is 10.4 Å². The van der Waals surface area contributed by atoms with Gasteiger partial charge in [0.15, 0.2) is 6.04 Å². The van der Waals surface area contributed by atoms with E-state index in [2.05, 4.69) is 31.4 Å². The molecule has 3 heterocycles. The van der Waals surface area contributed by atoms with Crippen LogP contribution in [0.2, 0.25) is 0 Å². The first-order chi connectivity index (χ1) is 9.75. The number of aromatic nitrogens is 4. The van der Waals surface area contributed by atoms with Gasteiger partial charge in [-0.1, -0.05) is 0 Å². The predicted octanol–water partition coefficient (Wildman–Crippen LogP) is 3.35. The van der Waals surface area contributed by atoms with Gasteiger partial charge >= 0.3 is 6.18 Å². The summed E-state index contributed by atoms with van der Waals surface area (Å²) in [4.78, 5) is 0. The van der Waals surface area contributed by atoms with E-state index in [-0.39, 0.29) is 6.42 Å².